The average molecular weight is 267 g/mol. The van der Waals surface area contributed by atoms with Crippen molar-refractivity contribution in [2.75, 3.05) is 0 Å². The van der Waals surface area contributed by atoms with E-state index < -0.39 is 0 Å². The lowest BCUT2D eigenvalue weighted by Crippen LogP contribution is -2.15. The summed E-state index contributed by atoms with van der Waals surface area (Å²) in [7, 11) is 0. The average Bonchev–Trinajstić information content (AvgIpc) is 2.81. The van der Waals surface area contributed by atoms with Crippen LogP contribution in [0.4, 0.5) is 4.39 Å². The summed E-state index contributed by atoms with van der Waals surface area (Å²) >= 11 is 5.73. The van der Waals surface area contributed by atoms with Gasteiger partial charge in [0.2, 0.25) is 0 Å². The molecular formula is C14H16ClFN2. The molecule has 1 aromatic carbocycles. The van der Waals surface area contributed by atoms with Gasteiger partial charge in [-0.1, -0.05) is 17.7 Å². The van der Waals surface area contributed by atoms with E-state index in [1.807, 2.05) is 6.07 Å². The van der Waals surface area contributed by atoms with Crippen LogP contribution in [0.3, 0.4) is 0 Å². The van der Waals surface area contributed by atoms with Crippen molar-refractivity contribution in [3.63, 3.8) is 0 Å². The van der Waals surface area contributed by atoms with Gasteiger partial charge in [0.15, 0.2) is 0 Å². The van der Waals surface area contributed by atoms with Gasteiger partial charge in [0.1, 0.15) is 5.82 Å². The molecule has 0 saturated heterocycles. The SMILES string of the molecule is CCn1cccc1CNCc1ccc(F)c(Cl)c1. The van der Waals surface area contributed by atoms with Crippen LogP contribution in [-0.2, 0) is 19.6 Å². The fourth-order valence-electron chi connectivity index (χ4n) is 1.90. The molecule has 0 fully saturated rings. The predicted molar refractivity (Wildman–Crippen MR) is 72.1 cm³/mol. The molecule has 0 bridgehead atoms. The Bertz CT molecular complexity index is 522. The zero-order valence-corrected chi connectivity index (χ0v) is 11.0. The van der Waals surface area contributed by atoms with E-state index in [-0.39, 0.29) is 10.8 Å². The summed E-state index contributed by atoms with van der Waals surface area (Å²) in [6.45, 7) is 4.54. The number of nitrogens with one attached hydrogen (secondary N) is 1. The molecule has 0 saturated carbocycles. The molecule has 1 aromatic heterocycles. The van der Waals surface area contributed by atoms with E-state index in [1.54, 1.807) is 12.1 Å². The van der Waals surface area contributed by atoms with Gasteiger partial charge < -0.3 is 9.88 Å². The zero-order chi connectivity index (χ0) is 13.0. The Morgan fingerprint density at radius 1 is 1.28 bits per heavy atom. The van der Waals surface area contributed by atoms with Crippen molar-refractivity contribution < 1.29 is 4.39 Å². The monoisotopic (exact) mass is 266 g/mol. The van der Waals surface area contributed by atoms with Crippen molar-refractivity contribution in [2.24, 2.45) is 0 Å². The van der Waals surface area contributed by atoms with Gasteiger partial charge in [-0.25, -0.2) is 4.39 Å². The summed E-state index contributed by atoms with van der Waals surface area (Å²) < 4.78 is 15.2. The van der Waals surface area contributed by atoms with Gasteiger partial charge in [-0.15, -0.1) is 0 Å². The smallest absolute Gasteiger partial charge is 0.141 e. The second-order valence-electron chi connectivity index (χ2n) is 4.14. The molecule has 0 atom stereocenters. The molecule has 2 aromatic rings. The fraction of sp³-hybridized carbons (Fsp3) is 0.286. The largest absolute Gasteiger partial charge is 0.351 e. The van der Waals surface area contributed by atoms with Crippen LogP contribution in [-0.4, -0.2) is 4.57 Å². The molecule has 1 N–H and O–H groups in total. The number of hydrogen-bond acceptors (Lipinski definition) is 1. The van der Waals surface area contributed by atoms with E-state index in [1.165, 1.54) is 11.8 Å². The lowest BCUT2D eigenvalue weighted by molar-refractivity contribution is 0.618. The molecule has 0 aliphatic carbocycles. The molecule has 96 valence electrons. The molecule has 0 spiro atoms. The molecule has 0 amide bonds. The van der Waals surface area contributed by atoms with Gasteiger partial charge in [-0.2, -0.15) is 0 Å². The topological polar surface area (TPSA) is 17.0 Å². The van der Waals surface area contributed by atoms with Gasteiger partial charge in [0, 0.05) is 31.5 Å². The first kappa shape index (κ1) is 13.1. The van der Waals surface area contributed by atoms with Crippen LogP contribution in [0.2, 0.25) is 5.02 Å². The molecule has 0 radical (unpaired) electrons. The molecule has 2 rings (SSSR count). The fourth-order valence-corrected chi connectivity index (χ4v) is 2.11. The van der Waals surface area contributed by atoms with Crippen LogP contribution in [0.5, 0.6) is 0 Å². The van der Waals surface area contributed by atoms with Crippen LogP contribution >= 0.6 is 11.6 Å². The predicted octanol–water partition coefficient (Wildman–Crippen LogP) is 3.59. The quantitative estimate of drug-likeness (QED) is 0.875. The van der Waals surface area contributed by atoms with Gasteiger partial charge >= 0.3 is 0 Å². The first-order valence-corrected chi connectivity index (χ1v) is 6.37. The van der Waals surface area contributed by atoms with E-state index >= 15 is 0 Å². The molecule has 18 heavy (non-hydrogen) atoms. The number of rotatable bonds is 5. The van der Waals surface area contributed by atoms with Gasteiger partial charge in [0.25, 0.3) is 0 Å². The Morgan fingerprint density at radius 3 is 2.83 bits per heavy atom. The van der Waals surface area contributed by atoms with Gasteiger partial charge in [0.05, 0.1) is 5.02 Å². The summed E-state index contributed by atoms with van der Waals surface area (Å²) in [6.07, 6.45) is 2.06. The Hall–Kier alpha value is -1.32. The summed E-state index contributed by atoms with van der Waals surface area (Å²) in [5.41, 5.74) is 2.22. The van der Waals surface area contributed by atoms with Crippen molar-refractivity contribution in [2.45, 2.75) is 26.6 Å². The summed E-state index contributed by atoms with van der Waals surface area (Å²) in [4.78, 5) is 0. The molecule has 0 unspecified atom stereocenters. The maximum absolute atomic E-state index is 13.0. The molecule has 0 aliphatic rings. The van der Waals surface area contributed by atoms with E-state index in [0.29, 0.717) is 6.54 Å². The molecule has 1 heterocycles. The minimum absolute atomic E-state index is 0.172. The van der Waals surface area contributed by atoms with Crippen molar-refractivity contribution in [3.8, 4) is 0 Å². The number of aryl methyl sites for hydroxylation is 1. The highest BCUT2D eigenvalue weighted by Gasteiger charge is 2.02. The first-order chi connectivity index (χ1) is 8.70. The van der Waals surface area contributed by atoms with Gasteiger partial charge in [-0.05, 0) is 36.8 Å². The summed E-state index contributed by atoms with van der Waals surface area (Å²) in [6, 6.07) is 8.92. The third-order valence-electron chi connectivity index (χ3n) is 2.88. The summed E-state index contributed by atoms with van der Waals surface area (Å²) in [5, 5.41) is 3.50. The lowest BCUT2D eigenvalue weighted by Gasteiger charge is -2.08. The van der Waals surface area contributed by atoms with E-state index in [2.05, 4.69) is 29.1 Å². The van der Waals surface area contributed by atoms with Crippen molar-refractivity contribution in [1.82, 2.24) is 9.88 Å². The van der Waals surface area contributed by atoms with Crippen molar-refractivity contribution in [3.05, 3.63) is 58.6 Å². The van der Waals surface area contributed by atoms with E-state index in [0.717, 1.165) is 18.7 Å². The minimum Gasteiger partial charge on any atom is -0.351 e. The first-order valence-electron chi connectivity index (χ1n) is 5.99. The van der Waals surface area contributed by atoms with Crippen molar-refractivity contribution >= 4 is 11.6 Å². The van der Waals surface area contributed by atoms with Crippen LogP contribution in [0.25, 0.3) is 0 Å². The summed E-state index contributed by atoms with van der Waals surface area (Å²) in [5.74, 6) is -0.375. The Balaban J connectivity index is 1.90. The Labute approximate surface area is 111 Å². The van der Waals surface area contributed by atoms with Crippen LogP contribution in [0, 0.1) is 5.82 Å². The number of benzene rings is 1. The highest BCUT2D eigenvalue weighted by atomic mass is 35.5. The zero-order valence-electron chi connectivity index (χ0n) is 10.3. The highest BCUT2D eigenvalue weighted by molar-refractivity contribution is 6.30. The normalized spacial score (nSPS) is 10.8. The number of halogens is 2. The number of aromatic nitrogens is 1. The van der Waals surface area contributed by atoms with Gasteiger partial charge in [-0.3, -0.25) is 0 Å². The number of hydrogen-bond donors (Lipinski definition) is 1. The highest BCUT2D eigenvalue weighted by Crippen LogP contribution is 2.15. The van der Waals surface area contributed by atoms with E-state index in [9.17, 15) is 4.39 Å². The second kappa shape index (κ2) is 6.03. The maximum atomic E-state index is 13.0. The maximum Gasteiger partial charge on any atom is 0.141 e. The lowest BCUT2D eigenvalue weighted by atomic mass is 10.2. The molecule has 2 nitrogen and oxygen atoms in total. The molecule has 4 heteroatoms. The second-order valence-corrected chi connectivity index (χ2v) is 4.54. The van der Waals surface area contributed by atoms with E-state index in [4.69, 9.17) is 11.6 Å². The molecule has 0 aliphatic heterocycles. The van der Waals surface area contributed by atoms with Crippen LogP contribution < -0.4 is 5.32 Å². The standard InChI is InChI=1S/C14H16ClFN2/c1-2-18-7-3-4-12(18)10-17-9-11-5-6-14(16)13(15)8-11/h3-8,17H,2,9-10H2,1H3. The van der Waals surface area contributed by atoms with Crippen molar-refractivity contribution in [1.29, 1.82) is 0 Å². The van der Waals surface area contributed by atoms with Crippen LogP contribution in [0.1, 0.15) is 18.2 Å². The Morgan fingerprint density at radius 2 is 2.11 bits per heavy atom. The third-order valence-corrected chi connectivity index (χ3v) is 3.17. The number of nitrogens with zero attached hydrogens (tertiary/aromatic N) is 1. The van der Waals surface area contributed by atoms with Crippen LogP contribution in [0.15, 0.2) is 36.5 Å². The minimum atomic E-state index is -0.375. The Kier molecular flexibility index (Phi) is 4.39. The molecular weight excluding hydrogens is 251 g/mol. The third kappa shape index (κ3) is 3.12.